The molecule has 18 heavy (non-hydrogen) atoms. The summed E-state index contributed by atoms with van der Waals surface area (Å²) < 4.78 is 13.9. The van der Waals surface area contributed by atoms with E-state index in [1.54, 1.807) is 18.2 Å². The fourth-order valence-corrected chi connectivity index (χ4v) is 2.34. The molecule has 0 bridgehead atoms. The molecule has 1 aliphatic rings. The van der Waals surface area contributed by atoms with Gasteiger partial charge in [0.1, 0.15) is 12.2 Å². The molecule has 1 aromatic carbocycles. The van der Waals surface area contributed by atoms with Gasteiger partial charge in [-0.2, -0.15) is 0 Å². The van der Waals surface area contributed by atoms with E-state index >= 15 is 0 Å². The molecular formula is C14H10ClFN2. The van der Waals surface area contributed by atoms with Crippen molar-refractivity contribution in [2.45, 2.75) is 12.3 Å². The Bertz CT molecular complexity index is 664. The van der Waals surface area contributed by atoms with Crippen molar-refractivity contribution >= 4 is 22.5 Å². The van der Waals surface area contributed by atoms with Gasteiger partial charge in [-0.05, 0) is 30.7 Å². The molecule has 0 spiro atoms. The van der Waals surface area contributed by atoms with E-state index in [1.165, 1.54) is 12.4 Å². The Balaban J connectivity index is 2.20. The molecule has 1 aliphatic carbocycles. The molecule has 1 aromatic heterocycles. The Morgan fingerprint density at radius 1 is 1.28 bits per heavy atom. The van der Waals surface area contributed by atoms with Gasteiger partial charge in [0.05, 0.1) is 17.1 Å². The van der Waals surface area contributed by atoms with Crippen LogP contribution >= 0.6 is 11.6 Å². The van der Waals surface area contributed by atoms with E-state index < -0.39 is 0 Å². The number of hydrogen-bond donors (Lipinski definition) is 0. The van der Waals surface area contributed by atoms with Crippen LogP contribution in [0.3, 0.4) is 0 Å². The van der Waals surface area contributed by atoms with Crippen LogP contribution in [0.4, 0.5) is 4.39 Å². The van der Waals surface area contributed by atoms with Crippen LogP contribution in [0.2, 0.25) is 5.02 Å². The molecule has 2 nitrogen and oxygen atoms in total. The Hall–Kier alpha value is -1.74. The first kappa shape index (κ1) is 11.4. The van der Waals surface area contributed by atoms with Crippen LogP contribution < -0.4 is 0 Å². The van der Waals surface area contributed by atoms with E-state index in [0.29, 0.717) is 17.1 Å². The maximum Gasteiger partial charge on any atom is 0.116 e. The van der Waals surface area contributed by atoms with Gasteiger partial charge in [-0.15, -0.1) is 0 Å². The molecular weight excluding hydrogens is 251 g/mol. The minimum Gasteiger partial charge on any atom is -0.240 e. The van der Waals surface area contributed by atoms with E-state index in [9.17, 15) is 4.39 Å². The van der Waals surface area contributed by atoms with E-state index in [0.717, 1.165) is 10.9 Å². The summed E-state index contributed by atoms with van der Waals surface area (Å²) >= 11 is 5.99. The highest BCUT2D eigenvalue weighted by Gasteiger charge is 2.21. The number of halogens is 2. The van der Waals surface area contributed by atoms with Crippen LogP contribution in [0, 0.1) is 0 Å². The van der Waals surface area contributed by atoms with Crippen LogP contribution in [0.5, 0.6) is 0 Å². The normalized spacial score (nSPS) is 19.0. The lowest BCUT2D eigenvalue weighted by atomic mass is 9.93. The molecule has 90 valence electrons. The lowest BCUT2D eigenvalue weighted by molar-refractivity contribution is 0.536. The smallest absolute Gasteiger partial charge is 0.116 e. The second kappa shape index (κ2) is 4.50. The molecule has 0 amide bonds. The van der Waals surface area contributed by atoms with Gasteiger partial charge in [0.15, 0.2) is 0 Å². The zero-order chi connectivity index (χ0) is 12.5. The van der Waals surface area contributed by atoms with Gasteiger partial charge in [0.2, 0.25) is 0 Å². The summed E-state index contributed by atoms with van der Waals surface area (Å²) in [5, 5.41) is 1.42. The Labute approximate surface area is 109 Å². The number of benzene rings is 1. The van der Waals surface area contributed by atoms with Gasteiger partial charge in [-0.3, -0.25) is 0 Å². The SMILES string of the molecule is FC1=CC=CCC1c1ncnc2ccc(Cl)cc12. The van der Waals surface area contributed by atoms with Crippen molar-refractivity contribution < 1.29 is 4.39 Å². The molecule has 0 N–H and O–H groups in total. The van der Waals surface area contributed by atoms with Gasteiger partial charge in [-0.1, -0.05) is 23.8 Å². The van der Waals surface area contributed by atoms with Crippen molar-refractivity contribution in [2.24, 2.45) is 0 Å². The van der Waals surface area contributed by atoms with Gasteiger partial charge < -0.3 is 0 Å². The highest BCUT2D eigenvalue weighted by Crippen LogP contribution is 2.34. The monoisotopic (exact) mass is 260 g/mol. The minimum absolute atomic E-state index is 0.169. The molecule has 0 saturated heterocycles. The third-order valence-corrected chi connectivity index (χ3v) is 3.29. The number of hydrogen-bond acceptors (Lipinski definition) is 2. The molecule has 3 rings (SSSR count). The third kappa shape index (κ3) is 1.91. The van der Waals surface area contributed by atoms with Crippen molar-refractivity contribution in [3.05, 3.63) is 59.3 Å². The number of rotatable bonds is 1. The van der Waals surface area contributed by atoms with E-state index in [1.807, 2.05) is 12.1 Å². The summed E-state index contributed by atoms with van der Waals surface area (Å²) in [6.45, 7) is 0. The number of allylic oxidation sites excluding steroid dienone is 4. The van der Waals surface area contributed by atoms with E-state index in [4.69, 9.17) is 11.6 Å². The maximum absolute atomic E-state index is 13.9. The predicted molar refractivity (Wildman–Crippen MR) is 70.2 cm³/mol. The largest absolute Gasteiger partial charge is 0.240 e. The lowest BCUT2D eigenvalue weighted by Crippen LogP contribution is -2.05. The van der Waals surface area contributed by atoms with E-state index in [2.05, 4.69) is 9.97 Å². The van der Waals surface area contributed by atoms with Crippen molar-refractivity contribution in [3.63, 3.8) is 0 Å². The summed E-state index contributed by atoms with van der Waals surface area (Å²) in [5.74, 6) is -0.503. The second-order valence-electron chi connectivity index (χ2n) is 4.19. The van der Waals surface area contributed by atoms with Crippen LogP contribution in [0.1, 0.15) is 18.0 Å². The third-order valence-electron chi connectivity index (χ3n) is 3.05. The number of aromatic nitrogens is 2. The first-order valence-electron chi connectivity index (χ1n) is 5.68. The van der Waals surface area contributed by atoms with Gasteiger partial charge >= 0.3 is 0 Å². The fourth-order valence-electron chi connectivity index (χ4n) is 2.17. The molecule has 0 aliphatic heterocycles. The Morgan fingerprint density at radius 2 is 2.17 bits per heavy atom. The van der Waals surface area contributed by atoms with Crippen molar-refractivity contribution in [1.29, 1.82) is 0 Å². The van der Waals surface area contributed by atoms with E-state index in [-0.39, 0.29) is 11.7 Å². The first-order valence-corrected chi connectivity index (χ1v) is 6.06. The quantitative estimate of drug-likeness (QED) is 0.769. The summed E-state index contributed by atoms with van der Waals surface area (Å²) in [6, 6.07) is 5.38. The predicted octanol–water partition coefficient (Wildman–Crippen LogP) is 4.18. The van der Waals surface area contributed by atoms with Gasteiger partial charge in [0.25, 0.3) is 0 Å². The highest BCUT2D eigenvalue weighted by molar-refractivity contribution is 6.31. The standard InChI is InChI=1S/C14H10ClFN2/c15-9-5-6-13-11(7-9)14(18-8-17-13)10-3-1-2-4-12(10)16/h1-2,4-8,10H,3H2. The first-order chi connectivity index (χ1) is 8.75. The van der Waals surface area contributed by atoms with Crippen molar-refractivity contribution in [2.75, 3.05) is 0 Å². The number of nitrogens with zero attached hydrogens (tertiary/aromatic N) is 2. The average molecular weight is 261 g/mol. The number of fused-ring (bicyclic) bond motifs is 1. The van der Waals surface area contributed by atoms with Gasteiger partial charge in [0, 0.05) is 10.4 Å². The molecule has 0 radical (unpaired) electrons. The zero-order valence-electron chi connectivity index (χ0n) is 9.48. The average Bonchev–Trinajstić information content (AvgIpc) is 2.39. The topological polar surface area (TPSA) is 25.8 Å². The molecule has 1 atom stereocenters. The summed E-state index contributed by atoms with van der Waals surface area (Å²) in [5.41, 5.74) is 1.48. The van der Waals surface area contributed by atoms with Crippen LogP contribution in [0.25, 0.3) is 10.9 Å². The lowest BCUT2D eigenvalue weighted by Gasteiger charge is -2.16. The minimum atomic E-state index is -0.334. The molecule has 0 saturated carbocycles. The fraction of sp³-hybridized carbons (Fsp3) is 0.143. The van der Waals surface area contributed by atoms with Crippen LogP contribution in [-0.4, -0.2) is 9.97 Å². The van der Waals surface area contributed by atoms with Crippen LogP contribution in [-0.2, 0) is 0 Å². The molecule has 0 fully saturated rings. The second-order valence-corrected chi connectivity index (χ2v) is 4.62. The molecule has 2 aromatic rings. The van der Waals surface area contributed by atoms with Crippen LogP contribution in [0.15, 0.2) is 48.6 Å². The van der Waals surface area contributed by atoms with Gasteiger partial charge in [-0.25, -0.2) is 14.4 Å². The Morgan fingerprint density at radius 3 is 3.00 bits per heavy atom. The van der Waals surface area contributed by atoms with Crippen molar-refractivity contribution in [1.82, 2.24) is 9.97 Å². The molecule has 1 unspecified atom stereocenters. The summed E-state index contributed by atoms with van der Waals surface area (Å²) in [7, 11) is 0. The maximum atomic E-state index is 13.9. The summed E-state index contributed by atoms with van der Waals surface area (Å²) in [4.78, 5) is 8.41. The highest BCUT2D eigenvalue weighted by atomic mass is 35.5. The molecule has 4 heteroatoms. The zero-order valence-corrected chi connectivity index (χ0v) is 10.2. The van der Waals surface area contributed by atoms with Crippen molar-refractivity contribution in [3.8, 4) is 0 Å². The summed E-state index contributed by atoms with van der Waals surface area (Å²) in [6.07, 6.45) is 7.22. The Kier molecular flexibility index (Phi) is 2.84. The molecule has 1 heterocycles.